The van der Waals surface area contributed by atoms with Crippen molar-refractivity contribution < 1.29 is 15.0 Å². The summed E-state index contributed by atoms with van der Waals surface area (Å²) in [6.07, 6.45) is -0.186. The van der Waals surface area contributed by atoms with Crippen molar-refractivity contribution in [3.05, 3.63) is 28.8 Å². The summed E-state index contributed by atoms with van der Waals surface area (Å²) < 4.78 is 0. The van der Waals surface area contributed by atoms with Crippen LogP contribution in [0.15, 0.2) is 12.1 Å². The first kappa shape index (κ1) is 15.5. The van der Waals surface area contributed by atoms with Gasteiger partial charge in [-0.1, -0.05) is 39.8 Å². The number of carboxylic acids is 1. The maximum atomic E-state index is 10.8. The number of aromatic hydroxyl groups is 1. The van der Waals surface area contributed by atoms with E-state index < -0.39 is 12.0 Å². The molecule has 0 amide bonds. The molecule has 4 nitrogen and oxygen atoms in total. The van der Waals surface area contributed by atoms with Gasteiger partial charge in [0.25, 0.3) is 0 Å². The summed E-state index contributed by atoms with van der Waals surface area (Å²) in [5.41, 5.74) is 8.25. The second-order valence-electron chi connectivity index (χ2n) is 5.52. The highest BCUT2D eigenvalue weighted by Crippen LogP contribution is 2.38. The first-order valence-electron chi connectivity index (χ1n) is 6.58. The summed E-state index contributed by atoms with van der Waals surface area (Å²) in [6, 6.07) is 3.15. The fraction of sp³-hybridized carbons (Fsp3) is 0.533. The molecule has 0 spiro atoms. The number of rotatable bonds is 5. The number of carbonyl (C=O) groups is 1. The Morgan fingerprint density at radius 1 is 1.16 bits per heavy atom. The number of aliphatic carboxylic acids is 1. The average Bonchev–Trinajstić information content (AvgIpc) is 2.26. The van der Waals surface area contributed by atoms with Crippen LogP contribution in [0.1, 0.15) is 68.7 Å². The molecule has 1 rings (SSSR count). The molecule has 0 saturated heterocycles. The SMILES string of the molecule is CC(C)c1ccc(C(C)C)c(C(N)CC(=O)O)c1O. The van der Waals surface area contributed by atoms with Crippen LogP contribution in [0.2, 0.25) is 0 Å². The van der Waals surface area contributed by atoms with Crippen LogP contribution in [0.3, 0.4) is 0 Å². The smallest absolute Gasteiger partial charge is 0.305 e. The molecule has 0 aliphatic carbocycles. The van der Waals surface area contributed by atoms with Crippen molar-refractivity contribution in [2.45, 2.75) is 52.0 Å². The monoisotopic (exact) mass is 265 g/mol. The molecule has 0 fully saturated rings. The molecule has 1 atom stereocenters. The highest BCUT2D eigenvalue weighted by atomic mass is 16.4. The molecule has 1 aromatic carbocycles. The van der Waals surface area contributed by atoms with Crippen molar-refractivity contribution in [3.63, 3.8) is 0 Å². The minimum Gasteiger partial charge on any atom is -0.507 e. The predicted octanol–water partition coefficient (Wildman–Crippen LogP) is 3.11. The minimum absolute atomic E-state index is 0.148. The van der Waals surface area contributed by atoms with Gasteiger partial charge in [0.2, 0.25) is 0 Å². The molecule has 0 aliphatic heterocycles. The third kappa shape index (κ3) is 3.47. The first-order chi connectivity index (χ1) is 8.75. The van der Waals surface area contributed by atoms with E-state index in [4.69, 9.17) is 10.8 Å². The van der Waals surface area contributed by atoms with E-state index in [0.717, 1.165) is 11.1 Å². The summed E-state index contributed by atoms with van der Waals surface area (Å²) in [5.74, 6) is -0.467. The Kier molecular flexibility index (Phi) is 4.95. The third-order valence-electron chi connectivity index (χ3n) is 3.29. The molecule has 0 bridgehead atoms. The summed E-state index contributed by atoms with van der Waals surface area (Å²) in [4.78, 5) is 10.8. The van der Waals surface area contributed by atoms with Gasteiger partial charge in [-0.3, -0.25) is 4.79 Å². The van der Waals surface area contributed by atoms with Crippen LogP contribution in [-0.2, 0) is 4.79 Å². The summed E-state index contributed by atoms with van der Waals surface area (Å²) in [7, 11) is 0. The van der Waals surface area contributed by atoms with Crippen molar-refractivity contribution >= 4 is 5.97 Å². The van der Waals surface area contributed by atoms with E-state index in [1.54, 1.807) is 0 Å². The van der Waals surface area contributed by atoms with Gasteiger partial charge in [-0.05, 0) is 23.0 Å². The van der Waals surface area contributed by atoms with Gasteiger partial charge in [-0.2, -0.15) is 0 Å². The standard InChI is InChI=1S/C15H23NO3/c1-8(2)10-5-6-11(9(3)4)15(19)14(10)12(16)7-13(17)18/h5-6,8-9,12,19H,7,16H2,1-4H3,(H,17,18). The van der Waals surface area contributed by atoms with Gasteiger partial charge in [0.1, 0.15) is 5.75 Å². The van der Waals surface area contributed by atoms with Crippen molar-refractivity contribution in [1.82, 2.24) is 0 Å². The number of carboxylic acid groups (broad SMARTS) is 1. The number of phenolic OH excluding ortho intramolecular Hbond substituents is 1. The largest absolute Gasteiger partial charge is 0.507 e. The highest BCUT2D eigenvalue weighted by Gasteiger charge is 2.22. The zero-order valence-electron chi connectivity index (χ0n) is 12.0. The summed E-state index contributed by atoms with van der Waals surface area (Å²) in [6.45, 7) is 7.97. The fourth-order valence-corrected chi connectivity index (χ4v) is 2.29. The van der Waals surface area contributed by atoms with Gasteiger partial charge in [-0.15, -0.1) is 0 Å². The number of nitrogens with two attached hydrogens (primary N) is 1. The number of phenols is 1. The molecule has 4 N–H and O–H groups in total. The molecule has 1 unspecified atom stereocenters. The van der Waals surface area contributed by atoms with E-state index in [0.29, 0.717) is 5.56 Å². The summed E-state index contributed by atoms with van der Waals surface area (Å²) in [5, 5.41) is 19.3. The van der Waals surface area contributed by atoms with E-state index in [2.05, 4.69) is 0 Å². The Labute approximate surface area is 114 Å². The van der Waals surface area contributed by atoms with Gasteiger partial charge in [-0.25, -0.2) is 0 Å². The van der Waals surface area contributed by atoms with Crippen molar-refractivity contribution in [2.75, 3.05) is 0 Å². The molecule has 0 heterocycles. The Hall–Kier alpha value is -1.55. The zero-order valence-corrected chi connectivity index (χ0v) is 12.0. The minimum atomic E-state index is -0.962. The Morgan fingerprint density at radius 3 is 2.05 bits per heavy atom. The van der Waals surface area contributed by atoms with E-state index in [1.165, 1.54) is 0 Å². The van der Waals surface area contributed by atoms with Crippen LogP contribution in [0, 0.1) is 0 Å². The fourth-order valence-electron chi connectivity index (χ4n) is 2.29. The van der Waals surface area contributed by atoms with Gasteiger partial charge in [0, 0.05) is 11.6 Å². The Balaban J connectivity index is 3.38. The maximum absolute atomic E-state index is 10.8. The number of hydrogen-bond donors (Lipinski definition) is 3. The van der Waals surface area contributed by atoms with E-state index in [-0.39, 0.29) is 24.0 Å². The highest BCUT2D eigenvalue weighted by molar-refractivity contribution is 5.68. The van der Waals surface area contributed by atoms with Crippen LogP contribution in [0.4, 0.5) is 0 Å². The van der Waals surface area contributed by atoms with Gasteiger partial charge >= 0.3 is 5.97 Å². The molecule has 106 valence electrons. The second kappa shape index (κ2) is 6.06. The van der Waals surface area contributed by atoms with Crippen LogP contribution >= 0.6 is 0 Å². The van der Waals surface area contributed by atoms with Crippen molar-refractivity contribution in [2.24, 2.45) is 5.73 Å². The molecule has 19 heavy (non-hydrogen) atoms. The van der Waals surface area contributed by atoms with Gasteiger partial charge in [0.05, 0.1) is 6.42 Å². The first-order valence-corrected chi connectivity index (χ1v) is 6.58. The molecule has 1 aromatic rings. The quantitative estimate of drug-likeness (QED) is 0.763. The van der Waals surface area contributed by atoms with Crippen LogP contribution < -0.4 is 5.73 Å². The van der Waals surface area contributed by atoms with Gasteiger partial charge < -0.3 is 15.9 Å². The number of hydrogen-bond acceptors (Lipinski definition) is 3. The van der Waals surface area contributed by atoms with E-state index >= 15 is 0 Å². The number of benzene rings is 1. The van der Waals surface area contributed by atoms with Crippen molar-refractivity contribution in [1.29, 1.82) is 0 Å². The van der Waals surface area contributed by atoms with E-state index in [1.807, 2.05) is 39.8 Å². The average molecular weight is 265 g/mol. The van der Waals surface area contributed by atoms with Crippen LogP contribution in [-0.4, -0.2) is 16.2 Å². The lowest BCUT2D eigenvalue weighted by atomic mass is 9.87. The third-order valence-corrected chi connectivity index (χ3v) is 3.29. The molecular weight excluding hydrogens is 242 g/mol. The Morgan fingerprint density at radius 2 is 1.63 bits per heavy atom. The molecule has 0 aliphatic rings. The molecule has 0 radical (unpaired) electrons. The van der Waals surface area contributed by atoms with Crippen LogP contribution in [0.25, 0.3) is 0 Å². The normalized spacial score (nSPS) is 13.0. The second-order valence-corrected chi connectivity index (χ2v) is 5.52. The van der Waals surface area contributed by atoms with Crippen molar-refractivity contribution in [3.8, 4) is 5.75 Å². The van der Waals surface area contributed by atoms with Crippen LogP contribution in [0.5, 0.6) is 5.75 Å². The zero-order chi connectivity index (χ0) is 14.7. The lowest BCUT2D eigenvalue weighted by Gasteiger charge is -2.22. The topological polar surface area (TPSA) is 83.6 Å². The van der Waals surface area contributed by atoms with E-state index in [9.17, 15) is 9.90 Å². The molecular formula is C15H23NO3. The summed E-state index contributed by atoms with van der Waals surface area (Å²) >= 11 is 0. The lowest BCUT2D eigenvalue weighted by Crippen LogP contribution is -2.18. The molecule has 0 aromatic heterocycles. The molecule has 0 saturated carbocycles. The predicted molar refractivity (Wildman–Crippen MR) is 75.5 cm³/mol. The lowest BCUT2D eigenvalue weighted by molar-refractivity contribution is -0.137. The molecule has 4 heteroatoms. The van der Waals surface area contributed by atoms with Gasteiger partial charge in [0.15, 0.2) is 0 Å². The maximum Gasteiger partial charge on any atom is 0.305 e. The Bertz CT molecular complexity index is 467.